The number of fused-ring (bicyclic) bond motifs is 1. The van der Waals surface area contributed by atoms with Gasteiger partial charge in [-0.3, -0.25) is 0 Å². The molecule has 0 aliphatic heterocycles. The van der Waals surface area contributed by atoms with Gasteiger partial charge in [-0.05, 0) is 31.5 Å². The van der Waals surface area contributed by atoms with Crippen LogP contribution in [0.2, 0.25) is 0 Å². The molecule has 0 aliphatic carbocycles. The third-order valence-electron chi connectivity index (χ3n) is 3.73. The highest BCUT2D eigenvalue weighted by molar-refractivity contribution is 5.76. The van der Waals surface area contributed by atoms with Gasteiger partial charge in [0, 0.05) is 25.6 Å². The van der Waals surface area contributed by atoms with Gasteiger partial charge in [0.05, 0.1) is 11.0 Å². The molecule has 1 aromatic heterocycles. The minimum atomic E-state index is -0.212. The van der Waals surface area contributed by atoms with Gasteiger partial charge in [-0.1, -0.05) is 26.7 Å². The van der Waals surface area contributed by atoms with Crippen molar-refractivity contribution in [2.75, 3.05) is 13.1 Å². The van der Waals surface area contributed by atoms with E-state index in [0.717, 1.165) is 55.8 Å². The van der Waals surface area contributed by atoms with E-state index < -0.39 is 0 Å². The molecule has 0 atom stereocenters. The van der Waals surface area contributed by atoms with E-state index in [2.05, 4.69) is 28.7 Å². The van der Waals surface area contributed by atoms with Crippen molar-refractivity contribution >= 4 is 11.0 Å². The maximum atomic E-state index is 13.4. The Balaban J connectivity index is 2.17. The number of rotatable bonds is 9. The van der Waals surface area contributed by atoms with Crippen LogP contribution >= 0.6 is 0 Å². The second-order valence-corrected chi connectivity index (χ2v) is 5.52. The van der Waals surface area contributed by atoms with Crippen molar-refractivity contribution in [3.05, 3.63) is 29.8 Å². The fourth-order valence-electron chi connectivity index (χ4n) is 2.62. The highest BCUT2D eigenvalue weighted by Crippen LogP contribution is 2.19. The Bertz CT molecular complexity index is 562. The average Bonchev–Trinajstić information content (AvgIpc) is 2.81. The van der Waals surface area contributed by atoms with Crippen LogP contribution in [-0.4, -0.2) is 22.6 Å². The molecule has 3 nitrogen and oxygen atoms in total. The van der Waals surface area contributed by atoms with Crippen molar-refractivity contribution in [1.29, 1.82) is 0 Å². The zero-order chi connectivity index (χ0) is 15.1. The summed E-state index contributed by atoms with van der Waals surface area (Å²) in [5.74, 6) is 0.853. The fraction of sp³-hybridized carbons (Fsp3) is 0.588. The number of hydrogen-bond acceptors (Lipinski definition) is 2. The highest BCUT2D eigenvalue weighted by atomic mass is 19.1. The molecule has 2 rings (SSSR count). The van der Waals surface area contributed by atoms with Gasteiger partial charge < -0.3 is 9.88 Å². The van der Waals surface area contributed by atoms with Gasteiger partial charge in [0.15, 0.2) is 0 Å². The molecule has 4 heteroatoms. The van der Waals surface area contributed by atoms with E-state index in [1.54, 1.807) is 0 Å². The standard InChI is InChI=1S/C17H26FN3/c1-3-5-6-12-21-16-8-7-14(18)13-15(16)20-17(21)9-11-19-10-4-2/h7-8,13,19H,3-6,9-12H2,1-2H3. The van der Waals surface area contributed by atoms with E-state index in [0.29, 0.717) is 0 Å². The molecule has 0 bridgehead atoms. The normalized spacial score (nSPS) is 11.4. The minimum Gasteiger partial charge on any atom is -0.328 e. The van der Waals surface area contributed by atoms with Gasteiger partial charge in [-0.2, -0.15) is 0 Å². The third-order valence-corrected chi connectivity index (χ3v) is 3.73. The molecule has 1 heterocycles. The number of halogens is 1. The molecular formula is C17H26FN3. The summed E-state index contributed by atoms with van der Waals surface area (Å²) in [5.41, 5.74) is 1.83. The Morgan fingerprint density at radius 3 is 2.76 bits per heavy atom. The quantitative estimate of drug-likeness (QED) is 0.710. The lowest BCUT2D eigenvalue weighted by Gasteiger charge is -2.09. The van der Waals surface area contributed by atoms with E-state index in [4.69, 9.17) is 0 Å². The first kappa shape index (κ1) is 16.0. The molecule has 0 amide bonds. The average molecular weight is 291 g/mol. The van der Waals surface area contributed by atoms with Crippen molar-refractivity contribution in [2.24, 2.45) is 0 Å². The molecule has 0 fully saturated rings. The van der Waals surface area contributed by atoms with Crippen LogP contribution in [0.3, 0.4) is 0 Å². The molecule has 116 valence electrons. The highest BCUT2D eigenvalue weighted by Gasteiger charge is 2.10. The van der Waals surface area contributed by atoms with Crippen LogP contribution in [0.15, 0.2) is 18.2 Å². The Morgan fingerprint density at radius 1 is 1.14 bits per heavy atom. The number of aryl methyl sites for hydroxylation is 1. The molecule has 1 N–H and O–H groups in total. The molecule has 0 saturated carbocycles. The number of nitrogens with zero attached hydrogens (tertiary/aromatic N) is 2. The summed E-state index contributed by atoms with van der Waals surface area (Å²) in [5, 5.41) is 3.41. The molecule has 1 aromatic carbocycles. The summed E-state index contributed by atoms with van der Waals surface area (Å²) in [4.78, 5) is 4.63. The lowest BCUT2D eigenvalue weighted by Crippen LogP contribution is -2.19. The van der Waals surface area contributed by atoms with E-state index in [9.17, 15) is 4.39 Å². The Hall–Kier alpha value is -1.42. The van der Waals surface area contributed by atoms with Crippen LogP contribution < -0.4 is 5.32 Å². The Kier molecular flexibility index (Phi) is 6.18. The first-order valence-corrected chi connectivity index (χ1v) is 8.11. The van der Waals surface area contributed by atoms with E-state index >= 15 is 0 Å². The number of benzene rings is 1. The summed E-state index contributed by atoms with van der Waals surface area (Å²) in [6, 6.07) is 4.92. The summed E-state index contributed by atoms with van der Waals surface area (Å²) < 4.78 is 15.6. The largest absolute Gasteiger partial charge is 0.328 e. The lowest BCUT2D eigenvalue weighted by molar-refractivity contribution is 0.577. The molecule has 21 heavy (non-hydrogen) atoms. The van der Waals surface area contributed by atoms with Crippen LogP contribution in [0.25, 0.3) is 11.0 Å². The van der Waals surface area contributed by atoms with Gasteiger partial charge in [-0.25, -0.2) is 9.37 Å². The topological polar surface area (TPSA) is 29.9 Å². The summed E-state index contributed by atoms with van der Waals surface area (Å²) >= 11 is 0. The smallest absolute Gasteiger partial charge is 0.125 e. The third kappa shape index (κ3) is 4.27. The van der Waals surface area contributed by atoms with Gasteiger partial charge in [-0.15, -0.1) is 0 Å². The zero-order valence-corrected chi connectivity index (χ0v) is 13.2. The molecule has 0 spiro atoms. The van der Waals surface area contributed by atoms with Crippen molar-refractivity contribution in [3.8, 4) is 0 Å². The van der Waals surface area contributed by atoms with Gasteiger partial charge in [0.2, 0.25) is 0 Å². The maximum absolute atomic E-state index is 13.4. The lowest BCUT2D eigenvalue weighted by atomic mass is 10.2. The fourth-order valence-corrected chi connectivity index (χ4v) is 2.62. The van der Waals surface area contributed by atoms with Gasteiger partial charge in [0.1, 0.15) is 11.6 Å². The van der Waals surface area contributed by atoms with Gasteiger partial charge in [0.25, 0.3) is 0 Å². The number of aromatic nitrogens is 2. The predicted molar refractivity (Wildman–Crippen MR) is 86.1 cm³/mol. The van der Waals surface area contributed by atoms with Crippen LogP contribution in [-0.2, 0) is 13.0 Å². The number of imidazole rings is 1. The van der Waals surface area contributed by atoms with Crippen molar-refractivity contribution in [3.63, 3.8) is 0 Å². The molecule has 0 aliphatic rings. The van der Waals surface area contributed by atoms with E-state index in [1.807, 2.05) is 6.07 Å². The van der Waals surface area contributed by atoms with Crippen LogP contribution in [0, 0.1) is 5.82 Å². The number of nitrogens with one attached hydrogen (secondary N) is 1. The minimum absolute atomic E-state index is 0.212. The summed E-state index contributed by atoms with van der Waals surface area (Å²) in [6.45, 7) is 7.30. The maximum Gasteiger partial charge on any atom is 0.125 e. The van der Waals surface area contributed by atoms with Crippen molar-refractivity contribution in [2.45, 2.75) is 52.5 Å². The first-order valence-electron chi connectivity index (χ1n) is 8.11. The monoisotopic (exact) mass is 291 g/mol. The molecule has 2 aromatic rings. The SMILES string of the molecule is CCCCCn1c(CCNCCC)nc2cc(F)ccc21. The first-order chi connectivity index (χ1) is 10.3. The zero-order valence-electron chi connectivity index (χ0n) is 13.2. The second kappa shape index (κ2) is 8.13. The van der Waals surface area contributed by atoms with E-state index in [-0.39, 0.29) is 5.82 Å². The van der Waals surface area contributed by atoms with E-state index in [1.165, 1.54) is 25.0 Å². The van der Waals surface area contributed by atoms with Crippen molar-refractivity contribution in [1.82, 2.24) is 14.9 Å². The number of unbranched alkanes of at least 4 members (excludes halogenated alkanes) is 2. The summed E-state index contributed by atoms with van der Waals surface area (Å²) in [6.07, 6.45) is 5.60. The van der Waals surface area contributed by atoms with Gasteiger partial charge >= 0.3 is 0 Å². The van der Waals surface area contributed by atoms with Crippen LogP contribution in [0.1, 0.15) is 45.4 Å². The Labute approximate surface area is 126 Å². The van der Waals surface area contributed by atoms with Crippen LogP contribution in [0.5, 0.6) is 0 Å². The second-order valence-electron chi connectivity index (χ2n) is 5.52. The Morgan fingerprint density at radius 2 is 2.00 bits per heavy atom. The molecule has 0 radical (unpaired) electrons. The number of hydrogen-bond donors (Lipinski definition) is 1. The summed E-state index contributed by atoms with van der Waals surface area (Å²) in [7, 11) is 0. The molecular weight excluding hydrogens is 265 g/mol. The van der Waals surface area contributed by atoms with Crippen LogP contribution in [0.4, 0.5) is 4.39 Å². The van der Waals surface area contributed by atoms with Crippen molar-refractivity contribution < 1.29 is 4.39 Å². The predicted octanol–water partition coefficient (Wildman–Crippen LogP) is 3.91. The molecule has 0 saturated heterocycles. The molecule has 0 unspecified atom stereocenters.